The Balaban J connectivity index is 1.84. The first-order chi connectivity index (χ1) is 8.60. The molecule has 0 aliphatic heterocycles. The van der Waals surface area contributed by atoms with Crippen LogP contribution in [0.4, 0.5) is 0 Å². The van der Waals surface area contributed by atoms with E-state index in [1.54, 1.807) is 24.2 Å². The lowest BCUT2D eigenvalue weighted by molar-refractivity contribution is -0.124. The second-order valence-electron chi connectivity index (χ2n) is 4.90. The van der Waals surface area contributed by atoms with Crippen LogP contribution in [-0.4, -0.2) is 28.2 Å². The van der Waals surface area contributed by atoms with Gasteiger partial charge in [-0.1, -0.05) is 0 Å². The van der Waals surface area contributed by atoms with Crippen LogP contribution in [-0.2, 0) is 4.79 Å². The van der Waals surface area contributed by atoms with E-state index in [1.807, 2.05) is 19.1 Å². The van der Waals surface area contributed by atoms with Crippen molar-refractivity contribution >= 4 is 17.7 Å². The highest BCUT2D eigenvalue weighted by atomic mass is 32.2. The van der Waals surface area contributed by atoms with Crippen LogP contribution in [0.5, 0.6) is 0 Å². The molecule has 0 spiro atoms. The molecule has 1 aliphatic carbocycles. The second kappa shape index (κ2) is 5.71. The number of hydrogen-bond donors (Lipinski definition) is 2. The summed E-state index contributed by atoms with van der Waals surface area (Å²) < 4.78 is 0. The van der Waals surface area contributed by atoms with Crippen molar-refractivity contribution in [2.24, 2.45) is 5.73 Å². The predicted molar refractivity (Wildman–Crippen MR) is 73.3 cm³/mol. The number of primary amides is 1. The highest BCUT2D eigenvalue weighted by Gasteiger charge is 2.36. The van der Waals surface area contributed by atoms with Crippen molar-refractivity contribution in [1.29, 1.82) is 0 Å². The van der Waals surface area contributed by atoms with Crippen LogP contribution < -0.4 is 11.1 Å². The van der Waals surface area contributed by atoms with Gasteiger partial charge in [0.1, 0.15) is 0 Å². The lowest BCUT2D eigenvalue weighted by atomic mass is 9.98. The van der Waals surface area contributed by atoms with E-state index in [4.69, 9.17) is 5.73 Å². The average molecular weight is 265 g/mol. The number of nitrogens with one attached hydrogen (secondary N) is 1. The molecule has 1 aromatic heterocycles. The topological polar surface area (TPSA) is 68.0 Å². The Morgan fingerprint density at radius 1 is 1.56 bits per heavy atom. The van der Waals surface area contributed by atoms with E-state index in [0.29, 0.717) is 6.04 Å². The van der Waals surface area contributed by atoms with Crippen LogP contribution in [0.25, 0.3) is 0 Å². The van der Waals surface area contributed by atoms with Crippen molar-refractivity contribution in [3.05, 3.63) is 24.5 Å². The third-order valence-electron chi connectivity index (χ3n) is 3.16. The lowest BCUT2D eigenvalue weighted by Crippen LogP contribution is -2.54. The molecule has 1 fully saturated rings. The van der Waals surface area contributed by atoms with Gasteiger partial charge in [-0.15, -0.1) is 11.8 Å². The molecule has 2 rings (SSSR count). The maximum atomic E-state index is 11.6. The summed E-state index contributed by atoms with van der Waals surface area (Å²) in [6.07, 6.45) is 6.60. The molecule has 1 saturated carbocycles. The summed E-state index contributed by atoms with van der Waals surface area (Å²) in [5.41, 5.74) is 4.92. The molecule has 0 bridgehead atoms. The minimum atomic E-state index is -0.582. The quantitative estimate of drug-likeness (QED) is 0.734. The fraction of sp³-hybridized carbons (Fsp3) is 0.538. The van der Waals surface area contributed by atoms with Gasteiger partial charge in [0.2, 0.25) is 5.91 Å². The first-order valence-corrected chi connectivity index (χ1v) is 7.19. The smallest absolute Gasteiger partial charge is 0.237 e. The van der Waals surface area contributed by atoms with Crippen LogP contribution in [0.2, 0.25) is 0 Å². The molecular formula is C13H19N3OS. The number of pyridine rings is 1. The highest BCUT2D eigenvalue weighted by molar-refractivity contribution is 7.99. The van der Waals surface area contributed by atoms with Crippen LogP contribution in [0.3, 0.4) is 0 Å². The normalized spacial score (nSPS) is 18.3. The molecule has 0 saturated heterocycles. The van der Waals surface area contributed by atoms with Gasteiger partial charge in [-0.05, 0) is 38.3 Å². The van der Waals surface area contributed by atoms with Gasteiger partial charge in [-0.25, -0.2) is 0 Å². The van der Waals surface area contributed by atoms with Crippen molar-refractivity contribution in [3.8, 4) is 0 Å². The van der Waals surface area contributed by atoms with Gasteiger partial charge in [-0.3, -0.25) is 9.78 Å². The highest BCUT2D eigenvalue weighted by Crippen LogP contribution is 2.26. The summed E-state index contributed by atoms with van der Waals surface area (Å²) in [5.74, 6) is 0.605. The molecular weight excluding hydrogens is 246 g/mol. The maximum Gasteiger partial charge on any atom is 0.237 e. The zero-order chi connectivity index (χ0) is 13.0. The fourth-order valence-electron chi connectivity index (χ4n) is 1.75. The zero-order valence-electron chi connectivity index (χ0n) is 10.6. The molecule has 0 radical (unpaired) electrons. The fourth-order valence-corrected chi connectivity index (χ4v) is 2.81. The minimum absolute atomic E-state index is 0.260. The summed E-state index contributed by atoms with van der Waals surface area (Å²) in [4.78, 5) is 16.7. The number of nitrogens with zero attached hydrogens (tertiary/aromatic N) is 1. The van der Waals surface area contributed by atoms with Crippen molar-refractivity contribution in [3.63, 3.8) is 0 Å². The molecule has 1 atom stereocenters. The Morgan fingerprint density at radius 3 is 2.78 bits per heavy atom. The molecule has 1 aromatic rings. The van der Waals surface area contributed by atoms with Gasteiger partial charge in [-0.2, -0.15) is 0 Å². The standard InChI is InChI=1S/C13H19N3OS/c1-13(12(14)17,16-10-2-3-10)6-9-18-11-4-7-15-8-5-11/h4-5,7-8,10,16H,2-3,6,9H2,1H3,(H2,14,17). The third kappa shape index (κ3) is 3.71. The molecule has 4 nitrogen and oxygen atoms in total. The summed E-state index contributed by atoms with van der Waals surface area (Å²) in [6.45, 7) is 1.90. The Labute approximate surface area is 112 Å². The lowest BCUT2D eigenvalue weighted by Gasteiger charge is -2.27. The van der Waals surface area contributed by atoms with E-state index < -0.39 is 5.54 Å². The van der Waals surface area contributed by atoms with E-state index in [0.717, 1.165) is 25.0 Å². The van der Waals surface area contributed by atoms with Crippen molar-refractivity contribution in [2.45, 2.75) is 42.7 Å². The van der Waals surface area contributed by atoms with E-state index in [1.165, 1.54) is 4.90 Å². The van der Waals surface area contributed by atoms with Crippen LogP contribution in [0, 0.1) is 0 Å². The first-order valence-electron chi connectivity index (χ1n) is 6.20. The van der Waals surface area contributed by atoms with E-state index in [2.05, 4.69) is 10.3 Å². The van der Waals surface area contributed by atoms with E-state index in [-0.39, 0.29) is 5.91 Å². The van der Waals surface area contributed by atoms with Crippen molar-refractivity contribution in [1.82, 2.24) is 10.3 Å². The van der Waals surface area contributed by atoms with Crippen LogP contribution in [0.15, 0.2) is 29.4 Å². The van der Waals surface area contributed by atoms with Gasteiger partial charge in [0.15, 0.2) is 0 Å². The first kappa shape index (κ1) is 13.4. The van der Waals surface area contributed by atoms with Crippen LogP contribution >= 0.6 is 11.8 Å². The SMILES string of the molecule is CC(CCSc1ccncc1)(NC1CC1)C(N)=O. The summed E-state index contributed by atoms with van der Waals surface area (Å²) >= 11 is 1.72. The summed E-state index contributed by atoms with van der Waals surface area (Å²) in [6, 6.07) is 4.43. The predicted octanol–water partition coefficient (Wildman–Crippen LogP) is 1.56. The number of aromatic nitrogens is 1. The van der Waals surface area contributed by atoms with Gasteiger partial charge in [0, 0.05) is 29.1 Å². The van der Waals surface area contributed by atoms with Crippen molar-refractivity contribution in [2.75, 3.05) is 5.75 Å². The third-order valence-corrected chi connectivity index (χ3v) is 4.18. The summed E-state index contributed by atoms with van der Waals surface area (Å²) in [7, 11) is 0. The number of amides is 1. The largest absolute Gasteiger partial charge is 0.368 e. The van der Waals surface area contributed by atoms with Gasteiger partial charge in [0.05, 0.1) is 5.54 Å². The zero-order valence-corrected chi connectivity index (χ0v) is 11.4. The number of thioether (sulfide) groups is 1. The Hall–Kier alpha value is -1.07. The molecule has 1 amide bonds. The minimum Gasteiger partial charge on any atom is -0.368 e. The molecule has 98 valence electrons. The molecule has 5 heteroatoms. The van der Waals surface area contributed by atoms with Gasteiger partial charge < -0.3 is 11.1 Å². The Bertz CT molecular complexity index is 408. The second-order valence-corrected chi connectivity index (χ2v) is 6.06. The monoisotopic (exact) mass is 265 g/mol. The Morgan fingerprint density at radius 2 is 2.22 bits per heavy atom. The molecule has 0 aromatic carbocycles. The molecule has 1 heterocycles. The average Bonchev–Trinajstić information content (AvgIpc) is 3.14. The van der Waals surface area contributed by atoms with Gasteiger partial charge >= 0.3 is 0 Å². The number of hydrogen-bond acceptors (Lipinski definition) is 4. The van der Waals surface area contributed by atoms with E-state index in [9.17, 15) is 4.79 Å². The number of rotatable bonds is 7. The number of carbonyl (C=O) groups excluding carboxylic acids is 1. The molecule has 18 heavy (non-hydrogen) atoms. The molecule has 1 unspecified atom stereocenters. The van der Waals surface area contributed by atoms with Crippen molar-refractivity contribution < 1.29 is 4.79 Å². The number of carbonyl (C=O) groups is 1. The molecule has 1 aliphatic rings. The molecule has 3 N–H and O–H groups in total. The Kier molecular flexibility index (Phi) is 4.24. The van der Waals surface area contributed by atoms with E-state index >= 15 is 0 Å². The summed E-state index contributed by atoms with van der Waals surface area (Å²) in [5, 5.41) is 3.35. The maximum absolute atomic E-state index is 11.6. The van der Waals surface area contributed by atoms with Crippen LogP contribution in [0.1, 0.15) is 26.2 Å². The number of nitrogens with two attached hydrogens (primary N) is 1. The van der Waals surface area contributed by atoms with Gasteiger partial charge in [0.25, 0.3) is 0 Å².